The molecular formula is C20H25NO3. The number of ketones is 1. The Morgan fingerprint density at radius 1 is 1.54 bits per heavy atom. The van der Waals surface area contributed by atoms with Gasteiger partial charge in [-0.15, -0.1) is 6.58 Å². The van der Waals surface area contributed by atoms with E-state index in [1.807, 2.05) is 19.1 Å². The maximum absolute atomic E-state index is 12.7. The molecule has 0 aromatic heterocycles. The molecule has 1 fully saturated rings. The van der Waals surface area contributed by atoms with Crippen LogP contribution < -0.4 is 4.74 Å². The molecule has 0 amide bonds. The molecule has 1 aromatic rings. The van der Waals surface area contributed by atoms with E-state index in [0.717, 1.165) is 31.5 Å². The Hall–Kier alpha value is -1.81. The summed E-state index contributed by atoms with van der Waals surface area (Å²) in [5.74, 6) is 1.17. The van der Waals surface area contributed by atoms with Crippen molar-refractivity contribution in [1.29, 1.82) is 0 Å². The first-order valence-corrected chi connectivity index (χ1v) is 8.94. The number of piperidine rings is 1. The second kappa shape index (κ2) is 5.35. The third-order valence-electron chi connectivity index (χ3n) is 6.50. The molecule has 24 heavy (non-hydrogen) atoms. The zero-order valence-electron chi connectivity index (χ0n) is 14.4. The summed E-state index contributed by atoms with van der Waals surface area (Å²) in [7, 11) is 0. The van der Waals surface area contributed by atoms with Crippen LogP contribution >= 0.6 is 0 Å². The van der Waals surface area contributed by atoms with Crippen LogP contribution in [0.1, 0.15) is 37.8 Å². The summed E-state index contributed by atoms with van der Waals surface area (Å²) in [6.07, 6.45) is 3.79. The van der Waals surface area contributed by atoms with Gasteiger partial charge in [0.05, 0.1) is 0 Å². The van der Waals surface area contributed by atoms with Gasteiger partial charge in [-0.1, -0.05) is 26.0 Å². The molecule has 1 aliphatic carbocycles. The highest BCUT2D eigenvalue weighted by molar-refractivity contribution is 5.87. The molecule has 4 atom stereocenters. The van der Waals surface area contributed by atoms with E-state index in [4.69, 9.17) is 4.74 Å². The molecule has 2 heterocycles. The number of phenols is 1. The number of fused-ring (bicyclic) bond motifs is 1. The Balaban J connectivity index is 1.91. The van der Waals surface area contributed by atoms with Gasteiger partial charge in [0, 0.05) is 30.0 Å². The fourth-order valence-corrected chi connectivity index (χ4v) is 5.33. The van der Waals surface area contributed by atoms with Crippen LogP contribution in [0.25, 0.3) is 0 Å². The quantitative estimate of drug-likeness (QED) is 0.864. The lowest BCUT2D eigenvalue weighted by Crippen LogP contribution is -2.63. The van der Waals surface area contributed by atoms with Gasteiger partial charge in [-0.25, -0.2) is 0 Å². The molecule has 1 saturated heterocycles. The Kier molecular flexibility index (Phi) is 3.50. The summed E-state index contributed by atoms with van der Waals surface area (Å²) in [6, 6.07) is 4.11. The van der Waals surface area contributed by atoms with Gasteiger partial charge in [0.1, 0.15) is 0 Å². The van der Waals surface area contributed by atoms with Crippen molar-refractivity contribution >= 4 is 5.78 Å². The number of carbonyl (C=O) groups excluding carboxylic acids is 1. The van der Waals surface area contributed by atoms with Gasteiger partial charge in [0.25, 0.3) is 0 Å². The molecule has 1 spiro atoms. The van der Waals surface area contributed by atoms with Crippen molar-refractivity contribution < 1.29 is 14.6 Å². The molecule has 4 nitrogen and oxygen atoms in total. The second-order valence-electron chi connectivity index (χ2n) is 7.40. The third kappa shape index (κ3) is 1.80. The molecule has 2 aliphatic heterocycles. The number of likely N-dealkylation sites (tertiary alicyclic amines) is 1. The lowest BCUT2D eigenvalue weighted by Gasteiger charge is -2.54. The number of Topliss-reactive ketones (excluding diaryl/α,β-unsaturated/α-hetero) is 1. The molecule has 3 aliphatic rings. The van der Waals surface area contributed by atoms with E-state index in [2.05, 4.69) is 18.4 Å². The Labute approximate surface area is 143 Å². The predicted molar refractivity (Wildman–Crippen MR) is 92.5 cm³/mol. The van der Waals surface area contributed by atoms with E-state index in [9.17, 15) is 9.90 Å². The van der Waals surface area contributed by atoms with E-state index in [1.54, 1.807) is 6.07 Å². The summed E-state index contributed by atoms with van der Waals surface area (Å²) >= 11 is 0. The minimum absolute atomic E-state index is 0.140. The van der Waals surface area contributed by atoms with Crippen molar-refractivity contribution in [1.82, 2.24) is 4.90 Å². The number of hydrogen-bond donors (Lipinski definition) is 1. The smallest absolute Gasteiger partial charge is 0.173 e. The highest BCUT2D eigenvalue weighted by Crippen LogP contribution is 2.60. The van der Waals surface area contributed by atoms with Crippen LogP contribution in [0, 0.1) is 5.92 Å². The first-order valence-electron chi connectivity index (χ1n) is 8.94. The molecule has 4 heteroatoms. The largest absolute Gasteiger partial charge is 0.504 e. The van der Waals surface area contributed by atoms with E-state index in [-0.39, 0.29) is 16.9 Å². The van der Waals surface area contributed by atoms with Gasteiger partial charge >= 0.3 is 0 Å². The summed E-state index contributed by atoms with van der Waals surface area (Å²) < 4.78 is 6.12. The lowest BCUT2D eigenvalue weighted by molar-refractivity contribution is -0.131. The van der Waals surface area contributed by atoms with Gasteiger partial charge in [-0.05, 0) is 36.9 Å². The summed E-state index contributed by atoms with van der Waals surface area (Å²) in [4.78, 5) is 15.2. The summed E-state index contributed by atoms with van der Waals surface area (Å²) in [5.41, 5.74) is 2.04. The van der Waals surface area contributed by atoms with E-state index in [0.29, 0.717) is 24.1 Å². The maximum Gasteiger partial charge on any atom is 0.173 e. The Morgan fingerprint density at radius 3 is 3.04 bits per heavy atom. The van der Waals surface area contributed by atoms with Crippen molar-refractivity contribution in [3.05, 3.63) is 35.9 Å². The van der Waals surface area contributed by atoms with E-state index < -0.39 is 6.10 Å². The highest BCUT2D eigenvalue weighted by Gasteiger charge is 2.62. The number of hydrogen-bond acceptors (Lipinski definition) is 4. The van der Waals surface area contributed by atoms with Gasteiger partial charge in [0.2, 0.25) is 0 Å². The molecular weight excluding hydrogens is 302 g/mol. The Morgan fingerprint density at radius 2 is 2.33 bits per heavy atom. The first-order chi connectivity index (χ1) is 11.5. The molecule has 1 N–H and O–H groups in total. The van der Waals surface area contributed by atoms with Crippen molar-refractivity contribution in [2.24, 2.45) is 5.92 Å². The monoisotopic (exact) mass is 327 g/mol. The minimum atomic E-state index is -0.465. The van der Waals surface area contributed by atoms with Crippen LogP contribution in [0.4, 0.5) is 0 Å². The second-order valence-corrected chi connectivity index (χ2v) is 7.40. The zero-order chi connectivity index (χ0) is 17.1. The van der Waals surface area contributed by atoms with Crippen molar-refractivity contribution in [2.75, 3.05) is 13.1 Å². The fraction of sp³-hybridized carbons (Fsp3) is 0.550. The molecule has 128 valence electrons. The molecule has 0 saturated carbocycles. The number of nitrogens with zero attached hydrogens (tertiary/aromatic N) is 1. The van der Waals surface area contributed by atoms with Crippen molar-refractivity contribution in [3.8, 4) is 11.5 Å². The zero-order valence-corrected chi connectivity index (χ0v) is 14.4. The van der Waals surface area contributed by atoms with Crippen molar-refractivity contribution in [3.63, 3.8) is 0 Å². The lowest BCUT2D eigenvalue weighted by atomic mass is 9.55. The molecule has 2 bridgehead atoms. The van der Waals surface area contributed by atoms with Gasteiger partial charge in [0.15, 0.2) is 23.4 Å². The number of carbonyl (C=O) groups is 1. The topological polar surface area (TPSA) is 49.8 Å². The van der Waals surface area contributed by atoms with Crippen LogP contribution in [0.3, 0.4) is 0 Å². The van der Waals surface area contributed by atoms with E-state index >= 15 is 0 Å². The average molecular weight is 327 g/mol. The first kappa shape index (κ1) is 15.7. The predicted octanol–water partition coefficient (Wildman–Crippen LogP) is 2.82. The number of phenolic OH excluding ortho intramolecular Hbond substituents is 1. The third-order valence-corrected chi connectivity index (χ3v) is 6.50. The molecule has 4 rings (SSSR count). The number of benzene rings is 1. The van der Waals surface area contributed by atoms with Crippen LogP contribution in [0.5, 0.6) is 11.5 Å². The fourth-order valence-electron chi connectivity index (χ4n) is 5.33. The minimum Gasteiger partial charge on any atom is -0.504 e. The number of rotatable bonds is 4. The number of aromatic hydroxyl groups is 1. The SMILES string of the molecule is C=CCN1CC[C@]23c4c(ccc(O)c4O[C@H]2C(=O)CC)C[C@@H]1C3C. The molecule has 0 radical (unpaired) electrons. The molecule has 1 aromatic carbocycles. The standard InChI is InChI=1S/C20H25NO3/c1-4-9-21-10-8-20-12(3)14(21)11-13-6-7-16(23)18(17(13)20)24-19(20)15(22)5-2/h4,6-7,12,14,19,23H,1,5,8-11H2,2-3H3/t12?,14-,19+,20+/m1/s1. The summed E-state index contributed by atoms with van der Waals surface area (Å²) in [5, 5.41) is 10.3. The van der Waals surface area contributed by atoms with Gasteiger partial charge in [-0.2, -0.15) is 0 Å². The van der Waals surface area contributed by atoms with Crippen LogP contribution in [-0.2, 0) is 16.6 Å². The van der Waals surface area contributed by atoms with Crippen LogP contribution in [0.2, 0.25) is 0 Å². The van der Waals surface area contributed by atoms with Crippen molar-refractivity contribution in [2.45, 2.75) is 50.7 Å². The maximum atomic E-state index is 12.7. The van der Waals surface area contributed by atoms with E-state index in [1.165, 1.54) is 5.56 Å². The highest BCUT2D eigenvalue weighted by atomic mass is 16.5. The van der Waals surface area contributed by atoms with Gasteiger partial charge < -0.3 is 9.84 Å². The molecule has 1 unspecified atom stereocenters. The van der Waals surface area contributed by atoms with Gasteiger partial charge in [-0.3, -0.25) is 9.69 Å². The Bertz CT molecular complexity index is 713. The average Bonchev–Trinajstić information content (AvgIpc) is 2.92. The van der Waals surface area contributed by atoms with Crippen LogP contribution in [-0.4, -0.2) is 41.0 Å². The van der Waals surface area contributed by atoms with Crippen LogP contribution in [0.15, 0.2) is 24.8 Å². The normalized spacial score (nSPS) is 33.7. The summed E-state index contributed by atoms with van der Waals surface area (Å²) in [6.45, 7) is 9.85. The number of ether oxygens (including phenoxy) is 1.